The van der Waals surface area contributed by atoms with Gasteiger partial charge in [0, 0.05) is 13.1 Å². The lowest BCUT2D eigenvalue weighted by molar-refractivity contribution is 0.0949. The zero-order valence-electron chi connectivity index (χ0n) is 11.0. The molecule has 0 fully saturated rings. The molecule has 0 spiro atoms. The SMILES string of the molecule is CCCNc1nnc(C(=O)NCc2cccc(F)c2)s1. The van der Waals surface area contributed by atoms with E-state index in [1.54, 1.807) is 12.1 Å². The Hall–Kier alpha value is -2.02. The summed E-state index contributed by atoms with van der Waals surface area (Å²) >= 11 is 1.20. The summed E-state index contributed by atoms with van der Waals surface area (Å²) in [6.07, 6.45) is 0.973. The summed E-state index contributed by atoms with van der Waals surface area (Å²) < 4.78 is 13.0. The van der Waals surface area contributed by atoms with Crippen LogP contribution in [0.25, 0.3) is 0 Å². The van der Waals surface area contributed by atoms with E-state index >= 15 is 0 Å². The van der Waals surface area contributed by atoms with Crippen molar-refractivity contribution in [2.75, 3.05) is 11.9 Å². The number of amides is 1. The molecular weight excluding hydrogens is 279 g/mol. The number of rotatable bonds is 6. The van der Waals surface area contributed by atoms with Crippen LogP contribution in [0.4, 0.5) is 9.52 Å². The predicted molar refractivity (Wildman–Crippen MR) is 76.3 cm³/mol. The minimum Gasteiger partial charge on any atom is -0.360 e. The summed E-state index contributed by atoms with van der Waals surface area (Å²) in [6.45, 7) is 3.09. The number of aromatic nitrogens is 2. The van der Waals surface area contributed by atoms with E-state index in [0.29, 0.717) is 15.7 Å². The van der Waals surface area contributed by atoms with Crippen LogP contribution in [0.5, 0.6) is 0 Å². The largest absolute Gasteiger partial charge is 0.360 e. The molecule has 5 nitrogen and oxygen atoms in total. The van der Waals surface area contributed by atoms with Crippen molar-refractivity contribution in [1.29, 1.82) is 0 Å². The van der Waals surface area contributed by atoms with Gasteiger partial charge < -0.3 is 10.6 Å². The maximum atomic E-state index is 13.0. The summed E-state index contributed by atoms with van der Waals surface area (Å²) in [6, 6.07) is 6.10. The molecule has 0 aliphatic rings. The van der Waals surface area contributed by atoms with Crippen molar-refractivity contribution in [3.05, 3.63) is 40.7 Å². The van der Waals surface area contributed by atoms with Gasteiger partial charge in [-0.3, -0.25) is 4.79 Å². The predicted octanol–water partition coefficient (Wildman–Crippen LogP) is 2.43. The normalized spacial score (nSPS) is 10.3. The highest BCUT2D eigenvalue weighted by atomic mass is 32.1. The number of anilines is 1. The molecule has 106 valence electrons. The zero-order chi connectivity index (χ0) is 14.4. The quantitative estimate of drug-likeness (QED) is 0.858. The molecule has 1 aromatic heterocycles. The smallest absolute Gasteiger partial charge is 0.282 e. The van der Waals surface area contributed by atoms with E-state index in [4.69, 9.17) is 0 Å². The molecular formula is C13H15FN4OS. The van der Waals surface area contributed by atoms with E-state index in [9.17, 15) is 9.18 Å². The number of nitrogens with one attached hydrogen (secondary N) is 2. The molecule has 0 aliphatic carbocycles. The third-order valence-corrected chi connectivity index (χ3v) is 3.37. The van der Waals surface area contributed by atoms with Crippen LogP contribution in [0.15, 0.2) is 24.3 Å². The zero-order valence-corrected chi connectivity index (χ0v) is 11.8. The number of benzene rings is 1. The van der Waals surface area contributed by atoms with Crippen molar-refractivity contribution in [3.63, 3.8) is 0 Å². The number of halogens is 1. The lowest BCUT2D eigenvalue weighted by Crippen LogP contribution is -2.22. The molecule has 1 amide bonds. The molecule has 1 aromatic carbocycles. The molecule has 0 unspecified atom stereocenters. The van der Waals surface area contributed by atoms with Crippen LogP contribution in [0.2, 0.25) is 0 Å². The summed E-state index contributed by atoms with van der Waals surface area (Å²) in [5.41, 5.74) is 0.701. The van der Waals surface area contributed by atoms with E-state index in [2.05, 4.69) is 20.8 Å². The molecule has 0 aliphatic heterocycles. The Labute approximate surface area is 120 Å². The fourth-order valence-electron chi connectivity index (χ4n) is 1.52. The second kappa shape index (κ2) is 6.95. The van der Waals surface area contributed by atoms with Crippen molar-refractivity contribution in [1.82, 2.24) is 15.5 Å². The van der Waals surface area contributed by atoms with Gasteiger partial charge >= 0.3 is 0 Å². The van der Waals surface area contributed by atoms with Gasteiger partial charge in [-0.2, -0.15) is 0 Å². The van der Waals surface area contributed by atoms with Crippen LogP contribution in [0.1, 0.15) is 28.7 Å². The van der Waals surface area contributed by atoms with Gasteiger partial charge in [0.15, 0.2) is 0 Å². The maximum Gasteiger partial charge on any atom is 0.282 e. The Kier molecular flexibility index (Phi) is 5.00. The molecule has 2 aromatic rings. The van der Waals surface area contributed by atoms with Crippen LogP contribution in [0.3, 0.4) is 0 Å². The highest BCUT2D eigenvalue weighted by molar-refractivity contribution is 7.17. The van der Waals surface area contributed by atoms with E-state index in [1.807, 2.05) is 6.92 Å². The van der Waals surface area contributed by atoms with E-state index in [-0.39, 0.29) is 18.3 Å². The molecule has 7 heteroatoms. The van der Waals surface area contributed by atoms with Crippen LogP contribution >= 0.6 is 11.3 Å². The summed E-state index contributed by atoms with van der Waals surface area (Å²) in [5, 5.41) is 14.4. The average Bonchev–Trinajstić information content (AvgIpc) is 2.91. The molecule has 0 bridgehead atoms. The first kappa shape index (κ1) is 14.4. The number of hydrogen-bond donors (Lipinski definition) is 2. The first-order valence-corrected chi connectivity index (χ1v) is 7.10. The lowest BCUT2D eigenvalue weighted by Gasteiger charge is -2.02. The second-order valence-corrected chi connectivity index (χ2v) is 5.13. The van der Waals surface area contributed by atoms with Gasteiger partial charge in [-0.1, -0.05) is 30.4 Å². The molecule has 20 heavy (non-hydrogen) atoms. The molecule has 2 rings (SSSR count). The van der Waals surface area contributed by atoms with Crippen molar-refractivity contribution in [2.24, 2.45) is 0 Å². The van der Waals surface area contributed by atoms with Crippen molar-refractivity contribution in [2.45, 2.75) is 19.9 Å². The third kappa shape index (κ3) is 3.99. The van der Waals surface area contributed by atoms with Gasteiger partial charge in [0.2, 0.25) is 10.1 Å². The monoisotopic (exact) mass is 294 g/mol. The Morgan fingerprint density at radius 3 is 3.00 bits per heavy atom. The molecule has 0 radical (unpaired) electrons. The Morgan fingerprint density at radius 1 is 1.40 bits per heavy atom. The van der Waals surface area contributed by atoms with E-state index in [1.165, 1.54) is 23.5 Å². The van der Waals surface area contributed by atoms with Crippen LogP contribution in [-0.2, 0) is 6.54 Å². The second-order valence-electron chi connectivity index (χ2n) is 4.15. The van der Waals surface area contributed by atoms with Crippen LogP contribution in [0, 0.1) is 5.82 Å². The van der Waals surface area contributed by atoms with Crippen LogP contribution in [-0.4, -0.2) is 22.6 Å². The standard InChI is InChI=1S/C13H15FN4OS/c1-2-6-15-13-18-17-12(20-13)11(19)16-8-9-4-3-5-10(14)7-9/h3-5,7H,2,6,8H2,1H3,(H,15,18)(H,16,19). The fourth-order valence-corrected chi connectivity index (χ4v) is 2.21. The van der Waals surface area contributed by atoms with E-state index in [0.717, 1.165) is 13.0 Å². The molecule has 0 atom stereocenters. The van der Waals surface area contributed by atoms with Crippen molar-refractivity contribution < 1.29 is 9.18 Å². The summed E-state index contributed by atoms with van der Waals surface area (Å²) in [4.78, 5) is 11.9. The Bertz CT molecular complexity index is 587. The van der Waals surface area contributed by atoms with E-state index < -0.39 is 0 Å². The number of hydrogen-bond acceptors (Lipinski definition) is 5. The first-order valence-electron chi connectivity index (χ1n) is 6.29. The van der Waals surface area contributed by atoms with Crippen molar-refractivity contribution in [3.8, 4) is 0 Å². The number of nitrogens with zero attached hydrogens (tertiary/aromatic N) is 2. The lowest BCUT2D eigenvalue weighted by atomic mass is 10.2. The average molecular weight is 294 g/mol. The first-order chi connectivity index (χ1) is 9.69. The van der Waals surface area contributed by atoms with Gasteiger partial charge in [-0.15, -0.1) is 10.2 Å². The summed E-state index contributed by atoms with van der Waals surface area (Å²) in [5.74, 6) is -0.630. The van der Waals surface area contributed by atoms with Gasteiger partial charge in [-0.25, -0.2) is 4.39 Å². The minimum atomic E-state index is -0.321. The Balaban J connectivity index is 1.90. The van der Waals surface area contributed by atoms with Gasteiger partial charge in [-0.05, 0) is 24.1 Å². The molecule has 1 heterocycles. The number of carbonyl (C=O) groups excluding carboxylic acids is 1. The molecule has 0 saturated carbocycles. The number of carbonyl (C=O) groups is 1. The van der Waals surface area contributed by atoms with Gasteiger partial charge in [0.25, 0.3) is 5.91 Å². The fraction of sp³-hybridized carbons (Fsp3) is 0.308. The molecule has 2 N–H and O–H groups in total. The van der Waals surface area contributed by atoms with Gasteiger partial charge in [0.1, 0.15) is 5.82 Å². The topological polar surface area (TPSA) is 66.9 Å². The van der Waals surface area contributed by atoms with Crippen molar-refractivity contribution >= 4 is 22.4 Å². The summed E-state index contributed by atoms with van der Waals surface area (Å²) in [7, 11) is 0. The Morgan fingerprint density at radius 2 is 2.25 bits per heavy atom. The van der Waals surface area contributed by atoms with Crippen LogP contribution < -0.4 is 10.6 Å². The highest BCUT2D eigenvalue weighted by Crippen LogP contribution is 2.15. The minimum absolute atomic E-state index is 0.258. The molecule has 0 saturated heterocycles. The maximum absolute atomic E-state index is 13.0. The highest BCUT2D eigenvalue weighted by Gasteiger charge is 2.12. The third-order valence-electron chi connectivity index (χ3n) is 2.49. The van der Waals surface area contributed by atoms with Gasteiger partial charge in [0.05, 0.1) is 0 Å².